The number of nitrogens with zero attached hydrogens (tertiary/aromatic N) is 1. The fourth-order valence-electron chi connectivity index (χ4n) is 2.96. The Morgan fingerprint density at radius 2 is 1.96 bits per heavy atom. The van der Waals surface area contributed by atoms with E-state index in [-0.39, 0.29) is 11.3 Å². The van der Waals surface area contributed by atoms with E-state index in [4.69, 9.17) is 16.3 Å². The number of carbonyl (C=O) groups is 3. The third kappa shape index (κ3) is 3.26. The molecule has 0 aliphatic carbocycles. The lowest BCUT2D eigenvalue weighted by Gasteiger charge is -2.23. The van der Waals surface area contributed by atoms with Gasteiger partial charge in [-0.15, -0.1) is 0 Å². The maximum atomic E-state index is 13.8. The number of halogens is 2. The van der Waals surface area contributed by atoms with E-state index in [1.165, 1.54) is 26.2 Å². The fourth-order valence-corrected chi connectivity index (χ4v) is 3.29. The van der Waals surface area contributed by atoms with Crippen molar-refractivity contribution in [2.24, 2.45) is 0 Å². The summed E-state index contributed by atoms with van der Waals surface area (Å²) in [5, 5.41) is 2.90. The zero-order valence-corrected chi connectivity index (χ0v) is 15.3. The van der Waals surface area contributed by atoms with E-state index in [9.17, 15) is 18.8 Å². The normalized spacial score (nSPS) is 19.2. The van der Waals surface area contributed by atoms with E-state index in [1.807, 2.05) is 0 Å². The molecule has 1 aliphatic heterocycles. The Kier molecular flexibility index (Phi) is 4.89. The molecule has 1 saturated heterocycles. The highest BCUT2D eigenvalue weighted by atomic mass is 35.5. The molecule has 3 amide bonds. The highest BCUT2D eigenvalue weighted by molar-refractivity contribution is 6.32. The van der Waals surface area contributed by atoms with Crippen molar-refractivity contribution in [1.29, 1.82) is 0 Å². The number of imide groups is 1. The monoisotopic (exact) mass is 390 g/mol. The average Bonchev–Trinajstić information content (AvgIpc) is 2.85. The number of hydrogen-bond acceptors (Lipinski definition) is 4. The van der Waals surface area contributed by atoms with Gasteiger partial charge in [-0.25, -0.2) is 9.18 Å². The average molecular weight is 391 g/mol. The first kappa shape index (κ1) is 18.8. The number of ketones is 1. The van der Waals surface area contributed by atoms with Gasteiger partial charge in [0, 0.05) is 16.1 Å². The van der Waals surface area contributed by atoms with Crippen LogP contribution in [-0.2, 0) is 10.3 Å². The van der Waals surface area contributed by atoms with Gasteiger partial charge < -0.3 is 10.1 Å². The maximum Gasteiger partial charge on any atom is 0.325 e. The second-order valence-corrected chi connectivity index (χ2v) is 6.61. The lowest BCUT2D eigenvalue weighted by Crippen LogP contribution is -2.41. The number of Topliss-reactive ketones (excluding diaryl/α,β-unsaturated/α-hetero) is 1. The van der Waals surface area contributed by atoms with E-state index < -0.39 is 35.6 Å². The molecule has 1 heterocycles. The van der Waals surface area contributed by atoms with Crippen LogP contribution in [0.1, 0.15) is 22.8 Å². The first-order chi connectivity index (χ1) is 12.8. The van der Waals surface area contributed by atoms with E-state index in [2.05, 4.69) is 5.32 Å². The van der Waals surface area contributed by atoms with Crippen molar-refractivity contribution in [3.8, 4) is 5.75 Å². The topological polar surface area (TPSA) is 75.7 Å². The highest BCUT2D eigenvalue weighted by Crippen LogP contribution is 2.33. The van der Waals surface area contributed by atoms with E-state index >= 15 is 0 Å². The zero-order chi connectivity index (χ0) is 19.8. The Hall–Kier alpha value is -2.93. The summed E-state index contributed by atoms with van der Waals surface area (Å²) in [5.41, 5.74) is -0.934. The number of benzene rings is 2. The van der Waals surface area contributed by atoms with Crippen molar-refractivity contribution in [2.75, 3.05) is 13.7 Å². The third-order valence-electron chi connectivity index (χ3n) is 4.46. The molecule has 0 saturated carbocycles. The number of rotatable bonds is 5. The van der Waals surface area contributed by atoms with Crippen LogP contribution in [-0.4, -0.2) is 36.3 Å². The standard InChI is InChI=1S/C19H16ClFN2O4/c1-19(12-5-3-4-6-13(12)20)17(25)23(18(26)22-19)10-15(24)11-7-8-16(27-2)14(21)9-11/h3-9H,10H2,1-2H3,(H,22,26)/t19-/m0/s1. The Bertz CT molecular complexity index is 949. The molecule has 8 heteroatoms. The van der Waals surface area contributed by atoms with Gasteiger partial charge in [-0.05, 0) is 31.2 Å². The molecule has 0 bridgehead atoms. The smallest absolute Gasteiger partial charge is 0.325 e. The number of carbonyl (C=O) groups excluding carboxylic acids is 3. The van der Waals surface area contributed by atoms with Crippen molar-refractivity contribution in [1.82, 2.24) is 10.2 Å². The summed E-state index contributed by atoms with van der Waals surface area (Å²) < 4.78 is 18.6. The molecule has 140 valence electrons. The zero-order valence-electron chi connectivity index (χ0n) is 14.6. The summed E-state index contributed by atoms with van der Waals surface area (Å²) in [7, 11) is 1.31. The van der Waals surface area contributed by atoms with Crippen molar-refractivity contribution in [3.63, 3.8) is 0 Å². The van der Waals surface area contributed by atoms with Crippen LogP contribution in [0.4, 0.5) is 9.18 Å². The van der Waals surface area contributed by atoms with E-state index in [0.717, 1.165) is 11.0 Å². The largest absolute Gasteiger partial charge is 0.494 e. The van der Waals surface area contributed by atoms with Gasteiger partial charge in [0.25, 0.3) is 5.91 Å². The number of urea groups is 1. The molecule has 1 aliphatic rings. The molecular weight excluding hydrogens is 375 g/mol. The van der Waals surface area contributed by atoms with Crippen LogP contribution < -0.4 is 10.1 Å². The number of ether oxygens (including phenoxy) is 1. The van der Waals surface area contributed by atoms with Crippen LogP contribution in [0, 0.1) is 5.82 Å². The maximum absolute atomic E-state index is 13.8. The van der Waals surface area contributed by atoms with Gasteiger partial charge >= 0.3 is 6.03 Å². The highest BCUT2D eigenvalue weighted by Gasteiger charge is 2.50. The van der Waals surface area contributed by atoms with Gasteiger partial charge in [0.2, 0.25) is 0 Å². The molecule has 3 rings (SSSR count). The third-order valence-corrected chi connectivity index (χ3v) is 4.79. The predicted octanol–water partition coefficient (Wildman–Crippen LogP) is 3.14. The summed E-state index contributed by atoms with van der Waals surface area (Å²) in [5.74, 6) is -1.90. The molecule has 2 aromatic carbocycles. The van der Waals surface area contributed by atoms with Gasteiger partial charge in [0.05, 0.1) is 13.7 Å². The summed E-state index contributed by atoms with van der Waals surface area (Å²) in [6.07, 6.45) is 0. The summed E-state index contributed by atoms with van der Waals surface area (Å²) >= 11 is 6.16. The number of nitrogens with one attached hydrogen (secondary N) is 1. The lowest BCUT2D eigenvalue weighted by atomic mass is 9.92. The predicted molar refractivity (Wildman–Crippen MR) is 96.3 cm³/mol. The van der Waals surface area contributed by atoms with Gasteiger partial charge in [-0.1, -0.05) is 29.8 Å². The number of hydrogen-bond donors (Lipinski definition) is 1. The van der Waals surface area contributed by atoms with Crippen LogP contribution in [0.5, 0.6) is 5.75 Å². The molecule has 2 aromatic rings. The Morgan fingerprint density at radius 3 is 2.59 bits per heavy atom. The molecule has 1 fully saturated rings. The van der Waals surface area contributed by atoms with Crippen molar-refractivity contribution in [2.45, 2.75) is 12.5 Å². The molecule has 0 unspecified atom stereocenters. The van der Waals surface area contributed by atoms with Gasteiger partial charge in [0.15, 0.2) is 17.3 Å². The molecule has 6 nitrogen and oxygen atoms in total. The second kappa shape index (κ2) is 7.00. The molecule has 0 radical (unpaired) electrons. The molecule has 1 N–H and O–H groups in total. The van der Waals surface area contributed by atoms with Crippen molar-refractivity contribution in [3.05, 3.63) is 64.4 Å². The fraction of sp³-hybridized carbons (Fsp3) is 0.211. The van der Waals surface area contributed by atoms with Crippen LogP contribution in [0.15, 0.2) is 42.5 Å². The molecule has 0 aromatic heterocycles. The number of amides is 3. The van der Waals surface area contributed by atoms with E-state index in [0.29, 0.717) is 10.6 Å². The molecule has 27 heavy (non-hydrogen) atoms. The SMILES string of the molecule is COc1ccc(C(=O)CN2C(=O)N[C@@](C)(c3ccccc3Cl)C2=O)cc1F. The van der Waals surface area contributed by atoms with Gasteiger partial charge in [-0.3, -0.25) is 14.5 Å². The Labute approximate surface area is 159 Å². The van der Waals surface area contributed by atoms with Crippen LogP contribution in [0.3, 0.4) is 0 Å². The van der Waals surface area contributed by atoms with E-state index in [1.54, 1.807) is 24.3 Å². The Morgan fingerprint density at radius 1 is 1.26 bits per heavy atom. The first-order valence-corrected chi connectivity index (χ1v) is 8.41. The second-order valence-electron chi connectivity index (χ2n) is 6.20. The minimum absolute atomic E-state index is 0.00663. The van der Waals surface area contributed by atoms with Crippen LogP contribution >= 0.6 is 11.6 Å². The number of methoxy groups -OCH3 is 1. The van der Waals surface area contributed by atoms with Gasteiger partial charge in [0.1, 0.15) is 5.54 Å². The van der Waals surface area contributed by atoms with Crippen molar-refractivity contribution >= 4 is 29.3 Å². The summed E-state index contributed by atoms with van der Waals surface area (Å²) in [6, 6.07) is 9.60. The minimum atomic E-state index is -1.39. The molecular formula is C19H16ClFN2O4. The van der Waals surface area contributed by atoms with Crippen molar-refractivity contribution < 1.29 is 23.5 Å². The molecule has 1 atom stereocenters. The quantitative estimate of drug-likeness (QED) is 0.628. The van der Waals surface area contributed by atoms with Gasteiger partial charge in [-0.2, -0.15) is 0 Å². The molecule has 0 spiro atoms. The van der Waals surface area contributed by atoms with Crippen LogP contribution in [0.25, 0.3) is 0 Å². The summed E-state index contributed by atoms with van der Waals surface area (Å²) in [6.45, 7) is 1.00. The first-order valence-electron chi connectivity index (χ1n) is 8.04. The summed E-state index contributed by atoms with van der Waals surface area (Å²) in [4.78, 5) is 38.4. The van der Waals surface area contributed by atoms with Crippen LogP contribution in [0.2, 0.25) is 5.02 Å². The minimum Gasteiger partial charge on any atom is -0.494 e. The Balaban J connectivity index is 1.85. The lowest BCUT2D eigenvalue weighted by molar-refractivity contribution is -0.130.